The van der Waals surface area contributed by atoms with Crippen LogP contribution >= 0.6 is 0 Å². The van der Waals surface area contributed by atoms with E-state index < -0.39 is 53.0 Å². The maximum absolute atomic E-state index is 13.6. The first-order valence-corrected chi connectivity index (χ1v) is 14.8. The van der Waals surface area contributed by atoms with Gasteiger partial charge in [0.1, 0.15) is 0 Å². The van der Waals surface area contributed by atoms with Crippen LogP contribution in [0.5, 0.6) is 0 Å². The number of rotatable bonds is 22. The Kier molecular flexibility index (Phi) is 19.4. The van der Waals surface area contributed by atoms with Crippen molar-refractivity contribution < 1.29 is 47.7 Å². The van der Waals surface area contributed by atoms with Crippen LogP contribution in [0, 0.1) is 23.2 Å². The molecule has 41 heavy (non-hydrogen) atoms. The van der Waals surface area contributed by atoms with Crippen molar-refractivity contribution in [3.8, 4) is 0 Å². The van der Waals surface area contributed by atoms with Crippen molar-refractivity contribution in [2.75, 3.05) is 34.0 Å². The average Bonchev–Trinajstić information content (AvgIpc) is 2.95. The molecular weight excluding hydrogens is 532 g/mol. The third-order valence-corrected chi connectivity index (χ3v) is 6.98. The number of ether oxygens (including phenoxy) is 5. The van der Waals surface area contributed by atoms with Gasteiger partial charge >= 0.3 is 29.8 Å². The van der Waals surface area contributed by atoms with Gasteiger partial charge in [0, 0.05) is 5.57 Å². The zero-order valence-corrected chi connectivity index (χ0v) is 26.2. The lowest BCUT2D eigenvalue weighted by Gasteiger charge is -2.36. The van der Waals surface area contributed by atoms with E-state index in [9.17, 15) is 24.0 Å². The summed E-state index contributed by atoms with van der Waals surface area (Å²) in [6.45, 7) is 13.6. The zero-order valence-electron chi connectivity index (χ0n) is 26.2. The van der Waals surface area contributed by atoms with Gasteiger partial charge in [0.2, 0.25) is 0 Å². The van der Waals surface area contributed by atoms with Crippen LogP contribution in [0.25, 0.3) is 0 Å². The van der Waals surface area contributed by atoms with Crippen molar-refractivity contribution >= 4 is 29.8 Å². The summed E-state index contributed by atoms with van der Waals surface area (Å²) >= 11 is 0. The molecule has 10 nitrogen and oxygen atoms in total. The highest BCUT2D eigenvalue weighted by Crippen LogP contribution is 2.43. The van der Waals surface area contributed by atoms with Crippen LogP contribution in [0.3, 0.4) is 0 Å². The number of hydrogen-bond donors (Lipinski definition) is 0. The van der Waals surface area contributed by atoms with Crippen LogP contribution in [0.15, 0.2) is 12.2 Å². The van der Waals surface area contributed by atoms with Gasteiger partial charge < -0.3 is 23.7 Å². The fourth-order valence-corrected chi connectivity index (χ4v) is 4.64. The Morgan fingerprint density at radius 1 is 0.659 bits per heavy atom. The van der Waals surface area contributed by atoms with Crippen LogP contribution in [0.4, 0.5) is 0 Å². The summed E-state index contributed by atoms with van der Waals surface area (Å²) in [7, 11) is 2.42. The van der Waals surface area contributed by atoms with E-state index in [0.29, 0.717) is 19.3 Å². The normalized spacial score (nSPS) is 14.5. The van der Waals surface area contributed by atoms with E-state index in [1.54, 1.807) is 13.8 Å². The van der Waals surface area contributed by atoms with Gasteiger partial charge in [-0.2, -0.15) is 0 Å². The summed E-state index contributed by atoms with van der Waals surface area (Å²) in [5, 5.41) is 0. The molecule has 10 heteroatoms. The van der Waals surface area contributed by atoms with Crippen LogP contribution in [-0.4, -0.2) is 63.9 Å². The number of esters is 5. The van der Waals surface area contributed by atoms with Gasteiger partial charge in [0.05, 0.1) is 57.2 Å². The fourth-order valence-electron chi connectivity index (χ4n) is 4.64. The maximum atomic E-state index is 13.6. The number of hydrogen-bond acceptors (Lipinski definition) is 10. The Hall–Kier alpha value is -2.91. The second-order valence-corrected chi connectivity index (χ2v) is 10.7. The smallest absolute Gasteiger partial charge is 0.333 e. The Balaban J connectivity index is 6.52. The zero-order chi connectivity index (χ0) is 31.4. The van der Waals surface area contributed by atoms with Gasteiger partial charge in [-0.25, -0.2) is 4.79 Å². The molecule has 0 aliphatic rings. The first-order chi connectivity index (χ1) is 19.4. The van der Waals surface area contributed by atoms with E-state index in [-0.39, 0.29) is 51.1 Å². The topological polar surface area (TPSA) is 132 Å². The quantitative estimate of drug-likeness (QED) is 0.0709. The molecule has 0 N–H and O–H groups in total. The van der Waals surface area contributed by atoms with Crippen LogP contribution in [0.1, 0.15) is 98.8 Å². The molecule has 3 unspecified atom stereocenters. The summed E-state index contributed by atoms with van der Waals surface area (Å²) in [5.74, 6) is -5.49. The predicted octanol–water partition coefficient (Wildman–Crippen LogP) is 5.35. The Morgan fingerprint density at radius 3 is 1.44 bits per heavy atom. The molecule has 0 heterocycles. The molecule has 3 atom stereocenters. The lowest BCUT2D eigenvalue weighted by molar-refractivity contribution is -0.163. The molecule has 0 spiro atoms. The SMILES string of the molecule is C=C(CC(CC(CC(C)C(=O)OCCCC)(CC(C)C(=O)OCCCC)C(=O)OC)C(=O)OCCCC)C(=O)OC. The standard InChI is InChI=1S/C31H52O10/c1-9-12-15-39-27(33)23(5)19-31(30(36)38-8,20-24(6)28(34)40-16-13-10-2)21-25(18-22(4)26(32)37-7)29(35)41-17-14-11-3/h23-25H,4,9-21H2,1-3,5-8H3. The largest absolute Gasteiger partial charge is 0.469 e. The van der Waals surface area contributed by atoms with Crippen LogP contribution in [-0.2, 0) is 47.7 Å². The molecule has 236 valence electrons. The van der Waals surface area contributed by atoms with Crippen molar-refractivity contribution in [1.82, 2.24) is 0 Å². The molecule has 0 aromatic carbocycles. The number of methoxy groups -OCH3 is 2. The minimum absolute atomic E-state index is 0.0303. The molecule has 0 fully saturated rings. The van der Waals surface area contributed by atoms with Gasteiger partial charge in [0.15, 0.2) is 0 Å². The third-order valence-electron chi connectivity index (χ3n) is 6.98. The second kappa shape index (κ2) is 20.9. The maximum Gasteiger partial charge on any atom is 0.333 e. The van der Waals surface area contributed by atoms with E-state index in [1.165, 1.54) is 14.2 Å². The highest BCUT2D eigenvalue weighted by molar-refractivity contribution is 5.89. The summed E-state index contributed by atoms with van der Waals surface area (Å²) in [5.41, 5.74) is -1.45. The molecule has 0 radical (unpaired) electrons. The monoisotopic (exact) mass is 584 g/mol. The van der Waals surface area contributed by atoms with Crippen molar-refractivity contribution in [3.05, 3.63) is 12.2 Å². The fraction of sp³-hybridized carbons (Fsp3) is 0.774. The van der Waals surface area contributed by atoms with E-state index in [4.69, 9.17) is 23.7 Å². The molecule has 0 aromatic heterocycles. The predicted molar refractivity (Wildman–Crippen MR) is 153 cm³/mol. The van der Waals surface area contributed by atoms with Gasteiger partial charge in [-0.05, 0) is 44.9 Å². The minimum atomic E-state index is -1.48. The molecular formula is C31H52O10. The van der Waals surface area contributed by atoms with Gasteiger partial charge in [-0.3, -0.25) is 19.2 Å². The highest BCUT2D eigenvalue weighted by atomic mass is 16.5. The highest BCUT2D eigenvalue weighted by Gasteiger charge is 2.47. The summed E-state index contributed by atoms with van der Waals surface area (Å²) in [4.78, 5) is 64.8. The molecule has 0 bridgehead atoms. The van der Waals surface area contributed by atoms with Crippen molar-refractivity contribution in [2.45, 2.75) is 98.8 Å². The average molecular weight is 585 g/mol. The molecule has 0 amide bonds. The third kappa shape index (κ3) is 14.0. The summed E-state index contributed by atoms with van der Waals surface area (Å²) in [6.07, 6.45) is 4.12. The lowest BCUT2D eigenvalue weighted by atomic mass is 9.67. The molecule has 0 aliphatic carbocycles. The Labute approximate surface area is 245 Å². The number of carbonyl (C=O) groups excluding carboxylic acids is 5. The van der Waals surface area contributed by atoms with Crippen molar-refractivity contribution in [2.24, 2.45) is 23.2 Å². The van der Waals surface area contributed by atoms with Crippen molar-refractivity contribution in [1.29, 1.82) is 0 Å². The molecule has 0 rings (SSSR count). The summed E-state index contributed by atoms with van der Waals surface area (Å²) < 4.78 is 26.3. The first kappa shape index (κ1) is 38.1. The molecule has 0 aliphatic heterocycles. The van der Waals surface area contributed by atoms with E-state index >= 15 is 0 Å². The number of carbonyl (C=O) groups is 5. The molecule has 0 saturated carbocycles. The Morgan fingerprint density at radius 2 is 1.07 bits per heavy atom. The van der Waals surface area contributed by atoms with Gasteiger partial charge in [-0.15, -0.1) is 0 Å². The van der Waals surface area contributed by atoms with Crippen molar-refractivity contribution in [3.63, 3.8) is 0 Å². The van der Waals surface area contributed by atoms with E-state index in [0.717, 1.165) is 19.3 Å². The minimum Gasteiger partial charge on any atom is -0.469 e. The van der Waals surface area contributed by atoms with E-state index in [1.807, 2.05) is 20.8 Å². The van der Waals surface area contributed by atoms with E-state index in [2.05, 4.69) is 6.58 Å². The second-order valence-electron chi connectivity index (χ2n) is 10.7. The van der Waals surface area contributed by atoms with Crippen LogP contribution in [0.2, 0.25) is 0 Å². The molecule has 0 aromatic rings. The van der Waals surface area contributed by atoms with Gasteiger partial charge in [0.25, 0.3) is 0 Å². The Bertz CT molecular complexity index is 820. The first-order valence-electron chi connectivity index (χ1n) is 14.8. The summed E-state index contributed by atoms with van der Waals surface area (Å²) in [6, 6.07) is 0. The number of unbranched alkanes of at least 4 members (excludes halogenated alkanes) is 3. The lowest BCUT2D eigenvalue weighted by Crippen LogP contribution is -2.42. The van der Waals surface area contributed by atoms with Crippen LogP contribution < -0.4 is 0 Å². The van der Waals surface area contributed by atoms with Gasteiger partial charge in [-0.1, -0.05) is 60.5 Å². The molecule has 0 saturated heterocycles.